The lowest BCUT2D eigenvalue weighted by molar-refractivity contribution is -0.144. The Hall–Kier alpha value is -3.06. The summed E-state index contributed by atoms with van der Waals surface area (Å²) < 4.78 is 22.2. The van der Waals surface area contributed by atoms with Gasteiger partial charge in [0.05, 0.1) is 13.2 Å². The van der Waals surface area contributed by atoms with Crippen molar-refractivity contribution >= 4 is 11.9 Å². The van der Waals surface area contributed by atoms with Gasteiger partial charge in [0, 0.05) is 13.0 Å². The van der Waals surface area contributed by atoms with Gasteiger partial charge in [-0.15, -0.1) is 0 Å². The lowest BCUT2D eigenvalue weighted by Gasteiger charge is -2.16. The van der Waals surface area contributed by atoms with E-state index in [0.29, 0.717) is 56.1 Å². The Morgan fingerprint density at radius 1 is 0.788 bits per heavy atom. The molecule has 2 aromatic rings. The van der Waals surface area contributed by atoms with Crippen molar-refractivity contribution in [3.8, 4) is 17.2 Å². The van der Waals surface area contributed by atoms with Crippen molar-refractivity contribution in [3.63, 3.8) is 0 Å². The van der Waals surface area contributed by atoms with Crippen molar-refractivity contribution in [1.29, 1.82) is 0 Å². The van der Waals surface area contributed by atoms with Gasteiger partial charge in [-0.25, -0.2) is 0 Å². The smallest absolute Gasteiger partial charge is 0.305 e. The minimum Gasteiger partial charge on any atom is -0.494 e. The molecule has 0 aliphatic carbocycles. The van der Waals surface area contributed by atoms with Crippen molar-refractivity contribution in [1.82, 2.24) is 0 Å². The predicted molar refractivity (Wildman–Crippen MR) is 126 cm³/mol. The van der Waals surface area contributed by atoms with E-state index in [0.717, 1.165) is 25.0 Å². The SMILES string of the molecule is CCCCOc1ccc(Oc2ccc(C(OCCCCC(=O)OCCC)C(N)=O)cc2)cc1. The highest BCUT2D eigenvalue weighted by Crippen LogP contribution is 2.26. The van der Waals surface area contributed by atoms with Crippen LogP contribution in [0.3, 0.4) is 0 Å². The van der Waals surface area contributed by atoms with E-state index in [9.17, 15) is 9.59 Å². The molecule has 0 saturated heterocycles. The normalized spacial score (nSPS) is 11.6. The summed E-state index contributed by atoms with van der Waals surface area (Å²) >= 11 is 0. The quantitative estimate of drug-likeness (QED) is 0.270. The van der Waals surface area contributed by atoms with Gasteiger partial charge < -0.3 is 24.7 Å². The van der Waals surface area contributed by atoms with Crippen LogP contribution < -0.4 is 15.2 Å². The van der Waals surface area contributed by atoms with Crippen LogP contribution >= 0.6 is 0 Å². The fraction of sp³-hybridized carbons (Fsp3) is 0.462. The molecule has 180 valence electrons. The Balaban J connectivity index is 1.81. The van der Waals surface area contributed by atoms with Crippen molar-refractivity contribution in [2.45, 2.75) is 58.5 Å². The summed E-state index contributed by atoms with van der Waals surface area (Å²) in [4.78, 5) is 23.4. The Morgan fingerprint density at radius 3 is 2.03 bits per heavy atom. The second-order valence-electron chi connectivity index (χ2n) is 7.68. The van der Waals surface area contributed by atoms with E-state index >= 15 is 0 Å². The number of esters is 1. The Morgan fingerprint density at radius 2 is 1.42 bits per heavy atom. The number of benzene rings is 2. The third kappa shape index (κ3) is 9.95. The summed E-state index contributed by atoms with van der Waals surface area (Å²) in [6.45, 7) is 5.54. The van der Waals surface area contributed by atoms with Crippen LogP contribution in [0.5, 0.6) is 17.2 Å². The monoisotopic (exact) mass is 457 g/mol. The van der Waals surface area contributed by atoms with Crippen molar-refractivity contribution in [2.75, 3.05) is 19.8 Å². The first kappa shape index (κ1) is 26.2. The van der Waals surface area contributed by atoms with E-state index in [-0.39, 0.29) is 5.97 Å². The number of carbonyl (C=O) groups excluding carboxylic acids is 2. The molecule has 0 radical (unpaired) electrons. The van der Waals surface area contributed by atoms with Crippen molar-refractivity contribution in [2.24, 2.45) is 5.73 Å². The van der Waals surface area contributed by atoms with Crippen LogP contribution in [0.15, 0.2) is 48.5 Å². The molecule has 0 aliphatic rings. The molecule has 0 aliphatic heterocycles. The molecule has 33 heavy (non-hydrogen) atoms. The van der Waals surface area contributed by atoms with Gasteiger partial charge in [0.2, 0.25) is 0 Å². The van der Waals surface area contributed by atoms with Gasteiger partial charge in [-0.2, -0.15) is 0 Å². The topological polar surface area (TPSA) is 97.1 Å². The number of amides is 1. The summed E-state index contributed by atoms with van der Waals surface area (Å²) in [6.07, 6.45) is 3.66. The molecule has 0 bridgehead atoms. The fourth-order valence-electron chi connectivity index (χ4n) is 2.99. The molecule has 0 saturated carbocycles. The van der Waals surface area contributed by atoms with E-state index < -0.39 is 12.0 Å². The molecule has 0 fully saturated rings. The molecule has 0 heterocycles. The Kier molecular flexibility index (Phi) is 11.8. The average Bonchev–Trinajstić information content (AvgIpc) is 2.82. The highest BCUT2D eigenvalue weighted by Gasteiger charge is 2.18. The highest BCUT2D eigenvalue weighted by molar-refractivity contribution is 5.80. The minimum atomic E-state index is -0.856. The van der Waals surface area contributed by atoms with Crippen LogP contribution in [0, 0.1) is 0 Å². The minimum absolute atomic E-state index is 0.211. The Bertz CT molecular complexity index is 835. The molecule has 0 spiro atoms. The number of rotatable bonds is 16. The van der Waals surface area contributed by atoms with Crippen molar-refractivity contribution < 1.29 is 28.5 Å². The Labute approximate surface area is 196 Å². The first-order chi connectivity index (χ1) is 16.0. The molecule has 1 unspecified atom stereocenters. The molecular weight excluding hydrogens is 422 g/mol. The highest BCUT2D eigenvalue weighted by atomic mass is 16.5. The van der Waals surface area contributed by atoms with E-state index in [4.69, 9.17) is 24.7 Å². The number of carbonyl (C=O) groups is 2. The maximum absolute atomic E-state index is 11.9. The molecule has 2 rings (SSSR count). The number of hydrogen-bond donors (Lipinski definition) is 1. The van der Waals surface area contributed by atoms with Gasteiger partial charge in [-0.3, -0.25) is 9.59 Å². The second-order valence-corrected chi connectivity index (χ2v) is 7.68. The zero-order valence-electron chi connectivity index (χ0n) is 19.6. The van der Waals surface area contributed by atoms with Crippen LogP contribution in [0.4, 0.5) is 0 Å². The molecular formula is C26H35NO6. The number of hydrogen-bond acceptors (Lipinski definition) is 6. The van der Waals surface area contributed by atoms with E-state index in [1.165, 1.54) is 0 Å². The molecule has 0 aromatic heterocycles. The van der Waals surface area contributed by atoms with Crippen molar-refractivity contribution in [3.05, 3.63) is 54.1 Å². The van der Waals surface area contributed by atoms with E-state index in [2.05, 4.69) is 6.92 Å². The zero-order valence-corrected chi connectivity index (χ0v) is 19.6. The van der Waals surface area contributed by atoms with Crippen LogP contribution in [0.2, 0.25) is 0 Å². The number of unbranched alkanes of at least 4 members (excludes halogenated alkanes) is 2. The van der Waals surface area contributed by atoms with Crippen LogP contribution in [-0.2, 0) is 19.1 Å². The number of primary amides is 1. The van der Waals surface area contributed by atoms with Gasteiger partial charge in [0.1, 0.15) is 17.2 Å². The fourth-order valence-corrected chi connectivity index (χ4v) is 2.99. The van der Waals surface area contributed by atoms with Gasteiger partial charge in [0.15, 0.2) is 6.10 Å². The summed E-state index contributed by atoms with van der Waals surface area (Å²) in [7, 11) is 0. The van der Waals surface area contributed by atoms with Gasteiger partial charge in [0.25, 0.3) is 5.91 Å². The maximum atomic E-state index is 11.9. The lowest BCUT2D eigenvalue weighted by atomic mass is 10.1. The molecule has 1 amide bonds. The zero-order chi connectivity index (χ0) is 23.9. The van der Waals surface area contributed by atoms with Gasteiger partial charge in [-0.1, -0.05) is 32.4 Å². The molecule has 2 N–H and O–H groups in total. The number of ether oxygens (including phenoxy) is 4. The summed E-state index contributed by atoms with van der Waals surface area (Å²) in [6, 6.07) is 14.5. The van der Waals surface area contributed by atoms with Gasteiger partial charge in [-0.05, 0) is 67.6 Å². The first-order valence-electron chi connectivity index (χ1n) is 11.6. The maximum Gasteiger partial charge on any atom is 0.305 e. The third-order valence-electron chi connectivity index (χ3n) is 4.79. The average molecular weight is 458 g/mol. The summed E-state index contributed by atoms with van der Waals surface area (Å²) in [5.41, 5.74) is 6.17. The third-order valence-corrected chi connectivity index (χ3v) is 4.79. The van der Waals surface area contributed by atoms with E-state index in [1.807, 2.05) is 31.2 Å². The molecule has 7 nitrogen and oxygen atoms in total. The largest absolute Gasteiger partial charge is 0.494 e. The summed E-state index contributed by atoms with van der Waals surface area (Å²) in [5.74, 6) is 1.35. The summed E-state index contributed by atoms with van der Waals surface area (Å²) in [5, 5.41) is 0. The number of nitrogens with two attached hydrogens (primary N) is 1. The second kappa shape index (κ2) is 14.9. The standard InChI is InChI=1S/C26H35NO6/c1-3-5-18-30-21-13-15-23(16-14-21)33-22-11-9-20(10-12-22)25(26(27)29)32-19-7-6-8-24(28)31-17-4-2/h9-16,25H,3-8,17-19H2,1-2H3,(H2,27,29). The molecule has 7 heteroatoms. The van der Waals surface area contributed by atoms with Gasteiger partial charge >= 0.3 is 5.97 Å². The van der Waals surface area contributed by atoms with Crippen LogP contribution in [0.1, 0.15) is 64.0 Å². The molecule has 2 aromatic carbocycles. The predicted octanol–water partition coefficient (Wildman–Crippen LogP) is 5.32. The first-order valence-corrected chi connectivity index (χ1v) is 11.6. The van der Waals surface area contributed by atoms with Crippen LogP contribution in [-0.4, -0.2) is 31.7 Å². The van der Waals surface area contributed by atoms with E-state index in [1.54, 1.807) is 24.3 Å². The van der Waals surface area contributed by atoms with Crippen LogP contribution in [0.25, 0.3) is 0 Å². The lowest BCUT2D eigenvalue weighted by Crippen LogP contribution is -2.24. The molecule has 1 atom stereocenters.